The summed E-state index contributed by atoms with van der Waals surface area (Å²) in [4.78, 5) is 93.7. The van der Waals surface area contributed by atoms with Crippen LogP contribution < -0.4 is 31.3 Å². The highest BCUT2D eigenvalue weighted by Crippen LogP contribution is 2.41. The van der Waals surface area contributed by atoms with Gasteiger partial charge in [0.25, 0.3) is 17.7 Å². The van der Waals surface area contributed by atoms with Crippen molar-refractivity contribution in [2.24, 2.45) is 0 Å². The van der Waals surface area contributed by atoms with E-state index in [0.717, 1.165) is 4.90 Å². The average molecular weight is 803 g/mol. The quantitative estimate of drug-likeness (QED) is 0.111. The Kier molecular flexibility index (Phi) is 14.2. The molecule has 1 aromatic rings. The van der Waals surface area contributed by atoms with Gasteiger partial charge in [-0.3, -0.25) is 24.0 Å². The van der Waals surface area contributed by atoms with Gasteiger partial charge in [-0.2, -0.15) is 0 Å². The second kappa shape index (κ2) is 17.8. The first-order valence-corrected chi connectivity index (χ1v) is 17.8. The Labute approximate surface area is 327 Å². The smallest absolute Gasteiger partial charge is 0.352 e. The standard InChI is InChI=1S/C37H47ClN6O12/c1-9-18(5)25(31(50)40-21(34(53)54)16-23(45)46)42-35(55)36(6)12-11-13-44(36)33(52)29-37(7,10-2)56-22-15-19(14-20(38)28(22)48)27(47)26(39-8)32(51)41-24(17(3)4)30(49)43-29/h11-12,14-16,24,26-27,29,39,47-48H,3,9-10,13H2,1-2,4-8H3,(H,40,50)(H,41,51)(H,42,55)(H,43,49)(H,45,46)(H,53,54)/t24-,26-,27-,29+,36-,37+/m0/s1. The number of halogens is 1. The van der Waals surface area contributed by atoms with Gasteiger partial charge in [-0.15, -0.1) is 0 Å². The molecule has 0 saturated carbocycles. The monoisotopic (exact) mass is 802 g/mol. The fourth-order valence-corrected chi connectivity index (χ4v) is 6.19. The molecule has 2 aliphatic rings. The Morgan fingerprint density at radius 2 is 1.71 bits per heavy atom. The number of carboxylic acid groups (broad SMARTS) is 2. The molecular formula is C37H47ClN6O12. The Morgan fingerprint density at radius 3 is 2.25 bits per heavy atom. The number of fused-ring (bicyclic) bond motifs is 2. The van der Waals surface area contributed by atoms with E-state index in [9.17, 15) is 48.9 Å². The summed E-state index contributed by atoms with van der Waals surface area (Å²) in [6.45, 7) is 12.6. The number of carboxylic acids is 2. The molecule has 0 aliphatic carbocycles. The van der Waals surface area contributed by atoms with E-state index in [1.54, 1.807) is 13.8 Å². The van der Waals surface area contributed by atoms with Crippen molar-refractivity contribution >= 4 is 53.1 Å². The molecule has 2 aliphatic heterocycles. The summed E-state index contributed by atoms with van der Waals surface area (Å²) < 4.78 is 6.32. The number of aliphatic carboxylic acids is 2. The van der Waals surface area contributed by atoms with E-state index in [2.05, 4.69) is 27.8 Å². The van der Waals surface area contributed by atoms with Gasteiger partial charge in [0.1, 0.15) is 46.8 Å². The third-order valence-corrected chi connectivity index (χ3v) is 10.0. The van der Waals surface area contributed by atoms with Crippen LogP contribution in [0.3, 0.4) is 0 Å². The number of hydrogen-bond donors (Lipinski definition) is 9. The van der Waals surface area contributed by atoms with Gasteiger partial charge >= 0.3 is 11.9 Å². The van der Waals surface area contributed by atoms with E-state index in [1.165, 1.54) is 59.0 Å². The van der Waals surface area contributed by atoms with Crippen molar-refractivity contribution in [2.45, 2.75) is 89.8 Å². The minimum atomic E-state index is -1.87. The third kappa shape index (κ3) is 9.38. The highest BCUT2D eigenvalue weighted by atomic mass is 35.5. The molecule has 0 fully saturated rings. The van der Waals surface area contributed by atoms with Gasteiger partial charge in [-0.05, 0) is 76.4 Å². The van der Waals surface area contributed by atoms with Crippen molar-refractivity contribution in [1.82, 2.24) is 31.5 Å². The molecule has 9 N–H and O–H groups in total. The van der Waals surface area contributed by atoms with E-state index < -0.39 is 94.0 Å². The Bertz CT molecular complexity index is 1930. The molecule has 3 rings (SSSR count). The lowest BCUT2D eigenvalue weighted by Gasteiger charge is -2.42. The second-order valence-electron chi connectivity index (χ2n) is 13.7. The minimum Gasteiger partial charge on any atom is -0.503 e. The summed E-state index contributed by atoms with van der Waals surface area (Å²) in [7, 11) is 1.40. The predicted octanol–water partition coefficient (Wildman–Crippen LogP) is 0.900. The lowest BCUT2D eigenvalue weighted by atomic mass is 9.89. The molecule has 2 bridgehead atoms. The number of benzene rings is 1. The third-order valence-electron chi connectivity index (χ3n) is 9.72. The Balaban J connectivity index is 2.16. The molecule has 56 heavy (non-hydrogen) atoms. The molecule has 18 nitrogen and oxygen atoms in total. The van der Waals surface area contributed by atoms with Gasteiger partial charge in [0, 0.05) is 6.54 Å². The summed E-state index contributed by atoms with van der Waals surface area (Å²) >= 11 is 6.35. The average Bonchev–Trinajstić information content (AvgIpc) is 3.54. The topological polar surface area (TPSA) is 273 Å². The number of ether oxygens (including phenoxy) is 1. The summed E-state index contributed by atoms with van der Waals surface area (Å²) in [5, 5.41) is 52.8. The van der Waals surface area contributed by atoms with E-state index in [4.69, 9.17) is 21.4 Å². The van der Waals surface area contributed by atoms with E-state index >= 15 is 0 Å². The number of aliphatic hydroxyl groups excluding tert-OH is 1. The number of rotatable bonds is 11. The number of aliphatic hydroxyl groups is 1. The maximum Gasteiger partial charge on any atom is 0.352 e. The van der Waals surface area contributed by atoms with Crippen LogP contribution in [-0.4, -0.2) is 110 Å². The first-order valence-electron chi connectivity index (χ1n) is 17.4. The predicted molar refractivity (Wildman–Crippen MR) is 201 cm³/mol. The number of phenols is 1. The van der Waals surface area contributed by atoms with Gasteiger partial charge < -0.3 is 56.6 Å². The zero-order chi connectivity index (χ0) is 42.4. The lowest BCUT2D eigenvalue weighted by Crippen LogP contribution is -2.67. The molecule has 0 radical (unpaired) electrons. The molecule has 6 atom stereocenters. The molecule has 0 aromatic heterocycles. The highest BCUT2D eigenvalue weighted by molar-refractivity contribution is 6.32. The number of aromatic hydroxyl groups is 1. The Hall–Kier alpha value is -5.72. The van der Waals surface area contributed by atoms with E-state index in [0.29, 0.717) is 0 Å². The van der Waals surface area contributed by atoms with Crippen molar-refractivity contribution in [3.63, 3.8) is 0 Å². The van der Waals surface area contributed by atoms with Crippen LogP contribution in [-0.2, 0) is 33.6 Å². The van der Waals surface area contributed by atoms with Crippen molar-refractivity contribution < 1.29 is 58.7 Å². The molecule has 304 valence electrons. The molecule has 19 heteroatoms. The van der Waals surface area contributed by atoms with Crippen LogP contribution in [0.15, 0.2) is 59.5 Å². The van der Waals surface area contributed by atoms with Gasteiger partial charge in [0.05, 0.1) is 11.1 Å². The lowest BCUT2D eigenvalue weighted by molar-refractivity contribution is -0.150. The zero-order valence-electron chi connectivity index (χ0n) is 31.9. The molecule has 2 heterocycles. The molecule has 1 aromatic carbocycles. The SMILES string of the molecule is C=C(C)[C@@H]1NC(=O)[C@@H](NC)[C@@H](O)c2cc(Cl)c(O)c(c2)O[C@](C)(CC)[C@@H](C(=O)N2CC=C[C@@]2(C)C(=O)NC(C(=O)NC(=CC(=O)O)C(=O)O)=C(C)CC)NC1=O. The minimum absolute atomic E-state index is 0.0283. The summed E-state index contributed by atoms with van der Waals surface area (Å²) in [5.74, 6) is -8.99. The number of likely N-dealkylation sites (N-methyl/N-ethyl adjacent to an activating group) is 1. The summed E-state index contributed by atoms with van der Waals surface area (Å²) in [5.41, 5.74) is -4.54. The number of allylic oxidation sites excluding steroid dienone is 1. The number of hydrogen-bond acceptors (Lipinski definition) is 11. The van der Waals surface area contributed by atoms with Crippen LogP contribution in [0.25, 0.3) is 0 Å². The van der Waals surface area contributed by atoms with Crippen LogP contribution in [0.1, 0.15) is 66.1 Å². The van der Waals surface area contributed by atoms with Crippen LogP contribution in [0.2, 0.25) is 5.02 Å². The summed E-state index contributed by atoms with van der Waals surface area (Å²) in [6.07, 6.45) is 1.72. The fourth-order valence-electron chi connectivity index (χ4n) is 5.97. The molecule has 0 unspecified atom stereocenters. The van der Waals surface area contributed by atoms with Crippen LogP contribution in [0, 0.1) is 0 Å². The van der Waals surface area contributed by atoms with Crippen LogP contribution >= 0.6 is 11.6 Å². The number of phenolic OH excluding ortho intramolecular Hbond substituents is 1. The number of amides is 5. The summed E-state index contributed by atoms with van der Waals surface area (Å²) in [6, 6.07) is -1.99. The Morgan fingerprint density at radius 1 is 1.07 bits per heavy atom. The van der Waals surface area contributed by atoms with E-state index in [-0.39, 0.29) is 52.9 Å². The number of nitrogens with one attached hydrogen (secondary N) is 5. The van der Waals surface area contributed by atoms with Crippen molar-refractivity contribution in [1.29, 1.82) is 0 Å². The maximum atomic E-state index is 14.9. The van der Waals surface area contributed by atoms with Gasteiger partial charge in [-0.1, -0.05) is 44.2 Å². The van der Waals surface area contributed by atoms with Gasteiger partial charge in [-0.25, -0.2) is 9.59 Å². The first kappa shape index (κ1) is 44.7. The fraction of sp³-hybridized carbons (Fsp3) is 0.432. The van der Waals surface area contributed by atoms with E-state index in [1.807, 2.05) is 5.32 Å². The van der Waals surface area contributed by atoms with Crippen molar-refractivity contribution in [3.05, 3.63) is 70.1 Å². The molecule has 0 saturated heterocycles. The largest absolute Gasteiger partial charge is 0.503 e. The number of carbonyl (C=O) groups excluding carboxylic acids is 5. The molecule has 5 amide bonds. The van der Waals surface area contributed by atoms with Gasteiger partial charge in [0.2, 0.25) is 11.8 Å². The number of nitrogens with zero attached hydrogens (tertiary/aromatic N) is 1. The zero-order valence-corrected chi connectivity index (χ0v) is 32.7. The first-order chi connectivity index (χ1) is 26.1. The number of carbonyl (C=O) groups is 7. The van der Waals surface area contributed by atoms with Crippen molar-refractivity contribution in [2.75, 3.05) is 13.6 Å². The van der Waals surface area contributed by atoms with Crippen molar-refractivity contribution in [3.8, 4) is 11.5 Å². The maximum absolute atomic E-state index is 14.9. The highest BCUT2D eigenvalue weighted by Gasteiger charge is 2.51. The van der Waals surface area contributed by atoms with Crippen LogP contribution in [0.4, 0.5) is 0 Å². The molecule has 0 spiro atoms. The second-order valence-corrected chi connectivity index (χ2v) is 14.1. The van der Waals surface area contributed by atoms with Gasteiger partial charge in [0.15, 0.2) is 11.5 Å². The molecular weight excluding hydrogens is 756 g/mol. The normalized spacial score (nSPS) is 25.9. The van der Waals surface area contributed by atoms with Crippen LogP contribution in [0.5, 0.6) is 11.5 Å².